The summed E-state index contributed by atoms with van der Waals surface area (Å²) in [6.45, 7) is 6.00. The number of hydrogen-bond acceptors (Lipinski definition) is 7. The summed E-state index contributed by atoms with van der Waals surface area (Å²) < 4.78 is 0. The molecule has 8 heteroatoms. The van der Waals surface area contributed by atoms with E-state index in [-0.39, 0.29) is 11.1 Å². The van der Waals surface area contributed by atoms with Crippen molar-refractivity contribution in [3.05, 3.63) is 36.2 Å². The van der Waals surface area contributed by atoms with Gasteiger partial charge in [-0.2, -0.15) is 0 Å². The van der Waals surface area contributed by atoms with Crippen molar-refractivity contribution in [1.82, 2.24) is 15.4 Å². The van der Waals surface area contributed by atoms with Gasteiger partial charge in [0, 0.05) is 11.2 Å². The van der Waals surface area contributed by atoms with Crippen LogP contribution in [0.1, 0.15) is 31.1 Å². The van der Waals surface area contributed by atoms with E-state index in [1.54, 1.807) is 12.1 Å². The van der Waals surface area contributed by atoms with Crippen LogP contribution in [-0.4, -0.2) is 26.6 Å². The first kappa shape index (κ1) is 16.5. The van der Waals surface area contributed by atoms with Gasteiger partial charge in [-0.3, -0.25) is 0 Å². The number of aromatic carboxylic acids is 1. The van der Waals surface area contributed by atoms with E-state index in [1.165, 1.54) is 18.5 Å². The molecule has 8 nitrogen and oxygen atoms in total. The summed E-state index contributed by atoms with van der Waals surface area (Å²) in [7, 11) is 0. The van der Waals surface area contributed by atoms with Gasteiger partial charge in [0.05, 0.1) is 5.56 Å². The lowest BCUT2D eigenvalue weighted by Gasteiger charge is -2.22. The molecule has 1 heterocycles. The number of hydrogen-bond donors (Lipinski definition) is 5. The Kier molecular flexibility index (Phi) is 4.65. The summed E-state index contributed by atoms with van der Waals surface area (Å²) >= 11 is 0. The Hall–Kier alpha value is -2.87. The number of hydrazine groups is 1. The van der Waals surface area contributed by atoms with Crippen molar-refractivity contribution < 1.29 is 9.90 Å². The highest BCUT2D eigenvalue weighted by Gasteiger charge is 2.12. The Morgan fingerprint density at radius 3 is 2.30 bits per heavy atom. The Morgan fingerprint density at radius 2 is 1.74 bits per heavy atom. The summed E-state index contributed by atoms with van der Waals surface area (Å²) in [4.78, 5) is 19.0. The molecule has 0 radical (unpaired) electrons. The van der Waals surface area contributed by atoms with Crippen LogP contribution < -0.4 is 21.9 Å². The number of carbonyl (C=O) groups is 1. The molecule has 0 aliphatic rings. The predicted octanol–water partition coefficient (Wildman–Crippen LogP) is 2.22. The second-order valence-corrected chi connectivity index (χ2v) is 5.99. The number of benzene rings is 1. The minimum atomic E-state index is -0.974. The highest BCUT2D eigenvalue weighted by atomic mass is 16.4. The summed E-state index contributed by atoms with van der Waals surface area (Å²) in [6, 6.07) is 6.29. The van der Waals surface area contributed by atoms with Gasteiger partial charge < -0.3 is 21.6 Å². The SMILES string of the molecule is CC(C)(C)NNc1ncnc(Nc2ccc(C(=O)O)cc2)c1N. The first-order chi connectivity index (χ1) is 10.8. The monoisotopic (exact) mass is 316 g/mol. The van der Waals surface area contributed by atoms with Crippen LogP contribution in [0.15, 0.2) is 30.6 Å². The Morgan fingerprint density at radius 1 is 1.13 bits per heavy atom. The van der Waals surface area contributed by atoms with Crippen LogP contribution in [0.2, 0.25) is 0 Å². The third-order valence-electron chi connectivity index (χ3n) is 2.83. The summed E-state index contributed by atoms with van der Waals surface area (Å²) in [5, 5.41) is 11.9. The number of rotatable bonds is 5. The smallest absolute Gasteiger partial charge is 0.335 e. The number of carboxylic acid groups (broad SMARTS) is 1. The average molecular weight is 316 g/mol. The number of nitrogen functional groups attached to an aromatic ring is 1. The highest BCUT2D eigenvalue weighted by Crippen LogP contribution is 2.25. The fraction of sp³-hybridized carbons (Fsp3) is 0.267. The number of nitrogens with zero attached hydrogens (tertiary/aromatic N) is 2. The van der Waals surface area contributed by atoms with Gasteiger partial charge in [-0.1, -0.05) is 0 Å². The van der Waals surface area contributed by atoms with E-state index in [0.29, 0.717) is 23.0 Å². The van der Waals surface area contributed by atoms with E-state index in [9.17, 15) is 4.79 Å². The molecule has 0 bridgehead atoms. The molecule has 0 saturated heterocycles. The fourth-order valence-corrected chi connectivity index (χ4v) is 1.67. The molecule has 0 unspecified atom stereocenters. The van der Waals surface area contributed by atoms with E-state index in [2.05, 4.69) is 26.1 Å². The van der Waals surface area contributed by atoms with Crippen molar-refractivity contribution in [3.63, 3.8) is 0 Å². The number of anilines is 4. The number of aromatic nitrogens is 2. The predicted molar refractivity (Wildman–Crippen MR) is 89.6 cm³/mol. The third kappa shape index (κ3) is 4.55. The maximum Gasteiger partial charge on any atom is 0.335 e. The van der Waals surface area contributed by atoms with Crippen LogP contribution in [0.4, 0.5) is 23.0 Å². The van der Waals surface area contributed by atoms with Crippen LogP contribution in [0, 0.1) is 0 Å². The maximum absolute atomic E-state index is 10.8. The second-order valence-electron chi connectivity index (χ2n) is 5.99. The zero-order chi connectivity index (χ0) is 17.0. The van der Waals surface area contributed by atoms with E-state index in [0.717, 1.165) is 0 Å². The van der Waals surface area contributed by atoms with Crippen molar-refractivity contribution in [3.8, 4) is 0 Å². The standard InChI is InChI=1S/C15H20N6O2/c1-15(2,3)21-20-13-11(16)12(17-8-18-13)19-10-6-4-9(5-7-10)14(22)23/h4-8,21H,16H2,1-3H3,(H,22,23)(H2,17,18,19,20). The lowest BCUT2D eigenvalue weighted by atomic mass is 10.1. The maximum atomic E-state index is 10.8. The molecule has 0 amide bonds. The van der Waals surface area contributed by atoms with E-state index >= 15 is 0 Å². The minimum absolute atomic E-state index is 0.155. The summed E-state index contributed by atoms with van der Waals surface area (Å²) in [5.41, 5.74) is 13.2. The molecular weight excluding hydrogens is 296 g/mol. The van der Waals surface area contributed by atoms with Gasteiger partial charge >= 0.3 is 5.97 Å². The molecule has 0 aliphatic carbocycles. The van der Waals surface area contributed by atoms with E-state index in [1.807, 2.05) is 20.8 Å². The molecule has 6 N–H and O–H groups in total. The minimum Gasteiger partial charge on any atom is -0.478 e. The molecular formula is C15H20N6O2. The molecule has 2 rings (SSSR count). The van der Waals surface area contributed by atoms with Crippen LogP contribution in [0.25, 0.3) is 0 Å². The highest BCUT2D eigenvalue weighted by molar-refractivity contribution is 5.88. The van der Waals surface area contributed by atoms with Gasteiger partial charge in [0.1, 0.15) is 12.0 Å². The fourth-order valence-electron chi connectivity index (χ4n) is 1.67. The van der Waals surface area contributed by atoms with Gasteiger partial charge in [-0.15, -0.1) is 0 Å². The molecule has 23 heavy (non-hydrogen) atoms. The molecule has 2 aromatic rings. The second kappa shape index (κ2) is 6.49. The largest absolute Gasteiger partial charge is 0.478 e. The average Bonchev–Trinajstić information content (AvgIpc) is 2.48. The van der Waals surface area contributed by atoms with Gasteiger partial charge in [-0.05, 0) is 45.0 Å². The zero-order valence-electron chi connectivity index (χ0n) is 13.2. The number of nitrogens with two attached hydrogens (primary N) is 1. The van der Waals surface area contributed by atoms with Crippen LogP contribution in [0.5, 0.6) is 0 Å². The van der Waals surface area contributed by atoms with E-state index in [4.69, 9.17) is 10.8 Å². The molecule has 0 fully saturated rings. The molecule has 0 saturated carbocycles. The quantitative estimate of drug-likeness (QED) is 0.532. The molecule has 0 aliphatic heterocycles. The zero-order valence-corrected chi connectivity index (χ0v) is 13.2. The molecule has 1 aromatic heterocycles. The normalized spacial score (nSPS) is 11.1. The first-order valence-corrected chi connectivity index (χ1v) is 7.00. The Bertz CT molecular complexity index is 694. The summed E-state index contributed by atoms with van der Waals surface area (Å²) in [5.74, 6) is -0.0845. The van der Waals surface area contributed by atoms with Gasteiger partial charge in [0.15, 0.2) is 11.6 Å². The molecule has 0 spiro atoms. The van der Waals surface area contributed by atoms with Crippen molar-refractivity contribution in [2.75, 3.05) is 16.5 Å². The molecule has 1 aromatic carbocycles. The summed E-state index contributed by atoms with van der Waals surface area (Å²) in [6.07, 6.45) is 1.39. The Labute approximate surface area is 134 Å². The molecule has 122 valence electrons. The number of carboxylic acids is 1. The van der Waals surface area contributed by atoms with Crippen LogP contribution in [0.3, 0.4) is 0 Å². The van der Waals surface area contributed by atoms with Crippen molar-refractivity contribution >= 4 is 29.0 Å². The van der Waals surface area contributed by atoms with Gasteiger partial charge in [0.2, 0.25) is 0 Å². The van der Waals surface area contributed by atoms with Crippen molar-refractivity contribution in [2.45, 2.75) is 26.3 Å². The van der Waals surface area contributed by atoms with Gasteiger partial charge in [-0.25, -0.2) is 20.2 Å². The third-order valence-corrected chi connectivity index (χ3v) is 2.83. The van der Waals surface area contributed by atoms with Crippen LogP contribution in [-0.2, 0) is 0 Å². The lowest BCUT2D eigenvalue weighted by Crippen LogP contribution is -2.40. The lowest BCUT2D eigenvalue weighted by molar-refractivity contribution is 0.0697. The molecule has 0 atom stereocenters. The van der Waals surface area contributed by atoms with Crippen molar-refractivity contribution in [2.24, 2.45) is 0 Å². The van der Waals surface area contributed by atoms with Gasteiger partial charge in [0.25, 0.3) is 0 Å². The van der Waals surface area contributed by atoms with Crippen LogP contribution >= 0.6 is 0 Å². The first-order valence-electron chi connectivity index (χ1n) is 7.00. The van der Waals surface area contributed by atoms with Crippen molar-refractivity contribution in [1.29, 1.82) is 0 Å². The Balaban J connectivity index is 2.15. The number of nitrogens with one attached hydrogen (secondary N) is 3. The topological polar surface area (TPSA) is 125 Å². The van der Waals surface area contributed by atoms with E-state index < -0.39 is 5.97 Å².